The van der Waals surface area contributed by atoms with Gasteiger partial charge in [0.25, 0.3) is 0 Å². The first-order valence-electron chi connectivity index (χ1n) is 16.4. The van der Waals surface area contributed by atoms with Crippen LogP contribution in [0.3, 0.4) is 0 Å². The minimum atomic E-state index is -1.28. The Morgan fingerprint density at radius 1 is 0.875 bits per heavy atom. The maximum atomic E-state index is 14.0. The molecular formula is C38H46N6O4. The smallest absolute Gasteiger partial charge is 0.408 e. The van der Waals surface area contributed by atoms with Gasteiger partial charge in [-0.25, -0.2) is 4.79 Å². The Bertz CT molecular complexity index is 1820. The highest BCUT2D eigenvalue weighted by atomic mass is 16.6. The zero-order valence-electron chi connectivity index (χ0n) is 28.7. The summed E-state index contributed by atoms with van der Waals surface area (Å²) in [5.74, 6) is 1.87. The summed E-state index contributed by atoms with van der Waals surface area (Å²) >= 11 is 0. The minimum Gasteiger partial charge on any atom is -0.497 e. The number of nitrogens with zero attached hydrogens (tertiary/aromatic N) is 3. The van der Waals surface area contributed by atoms with Crippen LogP contribution in [0.15, 0.2) is 85.1 Å². The van der Waals surface area contributed by atoms with Crippen LogP contribution in [0.25, 0.3) is 10.9 Å². The molecule has 0 radical (unpaired) electrons. The van der Waals surface area contributed by atoms with E-state index in [0.717, 1.165) is 46.4 Å². The third-order valence-corrected chi connectivity index (χ3v) is 8.16. The molecule has 0 saturated carbocycles. The average Bonchev–Trinajstić information content (AvgIpc) is 3.64. The Morgan fingerprint density at radius 2 is 1.58 bits per heavy atom. The molecule has 0 saturated heterocycles. The van der Waals surface area contributed by atoms with E-state index in [2.05, 4.69) is 55.6 Å². The lowest BCUT2D eigenvalue weighted by atomic mass is 10.0. The van der Waals surface area contributed by atoms with Crippen molar-refractivity contribution in [2.75, 3.05) is 7.11 Å². The first-order valence-corrected chi connectivity index (χ1v) is 16.4. The quantitative estimate of drug-likeness (QED) is 0.130. The van der Waals surface area contributed by atoms with Gasteiger partial charge in [-0.1, -0.05) is 60.7 Å². The molecule has 10 heteroatoms. The maximum absolute atomic E-state index is 14.0. The van der Waals surface area contributed by atoms with Crippen LogP contribution in [0.1, 0.15) is 75.4 Å². The Balaban J connectivity index is 1.49. The van der Waals surface area contributed by atoms with Crippen LogP contribution in [0, 0.1) is 0 Å². The number of hydrogen-bond acceptors (Lipinski definition) is 6. The summed E-state index contributed by atoms with van der Waals surface area (Å²) in [4.78, 5) is 30.0. The van der Waals surface area contributed by atoms with Crippen LogP contribution in [0.5, 0.6) is 5.75 Å². The number of amides is 2. The summed E-state index contributed by atoms with van der Waals surface area (Å²) in [5, 5.41) is 16.4. The predicted octanol–water partition coefficient (Wildman–Crippen LogP) is 6.69. The Kier molecular flexibility index (Phi) is 10.5. The van der Waals surface area contributed by atoms with Gasteiger partial charge in [-0.15, -0.1) is 10.2 Å². The molecule has 0 aliphatic rings. The fourth-order valence-corrected chi connectivity index (χ4v) is 5.65. The van der Waals surface area contributed by atoms with E-state index in [-0.39, 0.29) is 5.91 Å². The van der Waals surface area contributed by atoms with Crippen molar-refractivity contribution in [3.8, 4) is 5.75 Å². The van der Waals surface area contributed by atoms with E-state index >= 15 is 0 Å². The zero-order valence-corrected chi connectivity index (χ0v) is 28.7. The number of aryl methyl sites for hydroxylation is 2. The van der Waals surface area contributed by atoms with Crippen LogP contribution in [0.2, 0.25) is 0 Å². The molecule has 252 valence electrons. The van der Waals surface area contributed by atoms with Crippen LogP contribution in [0.4, 0.5) is 4.79 Å². The molecular weight excluding hydrogens is 604 g/mol. The van der Waals surface area contributed by atoms with Crippen LogP contribution >= 0.6 is 0 Å². The van der Waals surface area contributed by atoms with Crippen LogP contribution in [-0.4, -0.2) is 50.0 Å². The number of H-pyrrole nitrogens is 1. The molecule has 2 heterocycles. The van der Waals surface area contributed by atoms with Gasteiger partial charge in [0, 0.05) is 29.9 Å². The second-order valence-corrected chi connectivity index (χ2v) is 13.6. The van der Waals surface area contributed by atoms with Gasteiger partial charge in [0.15, 0.2) is 5.82 Å². The van der Waals surface area contributed by atoms with E-state index in [1.165, 1.54) is 5.56 Å². The summed E-state index contributed by atoms with van der Waals surface area (Å²) in [6.07, 6.45) is 4.25. The van der Waals surface area contributed by atoms with E-state index in [1.807, 2.05) is 54.7 Å². The molecule has 2 aromatic heterocycles. The molecule has 0 bridgehead atoms. The molecule has 0 aliphatic heterocycles. The van der Waals surface area contributed by atoms with Crippen molar-refractivity contribution >= 4 is 22.9 Å². The number of alkyl carbamates (subject to hydrolysis) is 1. The molecule has 3 aromatic carbocycles. The van der Waals surface area contributed by atoms with Crippen LogP contribution in [-0.2, 0) is 35.3 Å². The number of carbonyl (C=O) groups excluding carboxylic acids is 2. The van der Waals surface area contributed by atoms with Gasteiger partial charge in [-0.05, 0) is 82.3 Å². The highest BCUT2D eigenvalue weighted by Crippen LogP contribution is 2.26. The monoisotopic (exact) mass is 650 g/mol. The topological polar surface area (TPSA) is 123 Å². The number of aromatic amines is 1. The number of carbonyl (C=O) groups is 2. The number of benzene rings is 3. The Hall–Kier alpha value is -5.12. The minimum absolute atomic E-state index is 0.372. The summed E-state index contributed by atoms with van der Waals surface area (Å²) in [5.41, 5.74) is 2.36. The van der Waals surface area contributed by atoms with Crippen molar-refractivity contribution in [2.24, 2.45) is 0 Å². The molecule has 0 aliphatic carbocycles. The number of rotatable bonds is 13. The first-order chi connectivity index (χ1) is 22.9. The largest absolute Gasteiger partial charge is 0.497 e. The fourth-order valence-electron chi connectivity index (χ4n) is 5.65. The number of para-hydroxylation sites is 1. The van der Waals surface area contributed by atoms with Gasteiger partial charge < -0.3 is 29.7 Å². The van der Waals surface area contributed by atoms with Gasteiger partial charge in [0.05, 0.1) is 19.7 Å². The third kappa shape index (κ3) is 8.82. The summed E-state index contributed by atoms with van der Waals surface area (Å²) in [6.45, 7) is 9.17. The number of methoxy groups -OCH3 is 1. The molecule has 3 N–H and O–H groups in total. The van der Waals surface area contributed by atoms with Crippen molar-refractivity contribution in [1.82, 2.24) is 30.4 Å². The summed E-state index contributed by atoms with van der Waals surface area (Å²) in [6, 6.07) is 25.8. The average molecular weight is 651 g/mol. The molecule has 0 fully saturated rings. The zero-order chi connectivity index (χ0) is 34.3. The molecule has 1 atom stereocenters. The SMILES string of the molecule is COc1ccc(Cn2c(CCCc3ccccc3)nnc2[C@@H](Cc2c[nH]c3ccccc23)NC(=O)C(C)(C)NC(=O)OC(C)(C)C)cc1. The first kappa shape index (κ1) is 34.2. The fraction of sp³-hybridized carbons (Fsp3) is 0.368. The van der Waals surface area contributed by atoms with Crippen molar-refractivity contribution in [3.05, 3.63) is 113 Å². The predicted molar refractivity (Wildman–Crippen MR) is 187 cm³/mol. The van der Waals surface area contributed by atoms with E-state index in [0.29, 0.717) is 25.2 Å². The molecule has 2 amide bonds. The molecule has 5 aromatic rings. The second kappa shape index (κ2) is 14.8. The maximum Gasteiger partial charge on any atom is 0.408 e. The lowest BCUT2D eigenvalue weighted by molar-refractivity contribution is -0.127. The van der Waals surface area contributed by atoms with E-state index in [9.17, 15) is 9.59 Å². The third-order valence-electron chi connectivity index (χ3n) is 8.16. The van der Waals surface area contributed by atoms with Crippen LogP contribution < -0.4 is 15.4 Å². The number of hydrogen-bond donors (Lipinski definition) is 3. The van der Waals surface area contributed by atoms with Gasteiger partial charge in [-0.2, -0.15) is 0 Å². The normalized spacial score (nSPS) is 12.5. The lowest BCUT2D eigenvalue weighted by Gasteiger charge is -2.29. The van der Waals surface area contributed by atoms with E-state index in [1.54, 1.807) is 41.7 Å². The van der Waals surface area contributed by atoms with Gasteiger partial charge in [-0.3, -0.25) is 4.79 Å². The Morgan fingerprint density at radius 3 is 2.29 bits per heavy atom. The number of nitrogens with one attached hydrogen (secondary N) is 3. The molecule has 5 rings (SSSR count). The highest BCUT2D eigenvalue weighted by molar-refractivity contribution is 5.89. The van der Waals surface area contributed by atoms with Crippen molar-refractivity contribution in [2.45, 2.75) is 84.0 Å². The van der Waals surface area contributed by atoms with Crippen molar-refractivity contribution in [3.63, 3.8) is 0 Å². The molecule has 48 heavy (non-hydrogen) atoms. The molecule has 0 spiro atoms. The highest BCUT2D eigenvalue weighted by Gasteiger charge is 2.35. The lowest BCUT2D eigenvalue weighted by Crippen LogP contribution is -2.56. The second-order valence-electron chi connectivity index (χ2n) is 13.6. The number of ether oxygens (including phenoxy) is 2. The van der Waals surface area contributed by atoms with Gasteiger partial charge in [0.2, 0.25) is 5.91 Å². The standard InChI is InChI=1S/C38H46N6O4/c1-37(2,3)48-36(46)41-38(4,5)35(45)40-32(23-28-24-39-31-17-11-10-16-30(28)31)34-43-42-33(18-12-15-26-13-8-7-9-14-26)44(34)25-27-19-21-29(47-6)22-20-27/h7-11,13-14,16-17,19-22,24,32,39H,12,15,18,23,25H2,1-6H3,(H,40,45)(H,41,46)/t32-/m1/s1. The molecule has 10 nitrogen and oxygen atoms in total. The van der Waals surface area contributed by atoms with Gasteiger partial charge in [0.1, 0.15) is 22.7 Å². The van der Waals surface area contributed by atoms with Crippen molar-refractivity contribution < 1.29 is 19.1 Å². The number of aromatic nitrogens is 4. The van der Waals surface area contributed by atoms with Gasteiger partial charge >= 0.3 is 6.09 Å². The summed E-state index contributed by atoms with van der Waals surface area (Å²) < 4.78 is 13.0. The number of fused-ring (bicyclic) bond motifs is 1. The molecule has 0 unspecified atom stereocenters. The van der Waals surface area contributed by atoms with E-state index in [4.69, 9.17) is 14.6 Å². The Labute approximate surface area is 282 Å². The van der Waals surface area contributed by atoms with E-state index < -0.39 is 23.3 Å². The summed E-state index contributed by atoms with van der Waals surface area (Å²) in [7, 11) is 1.65. The van der Waals surface area contributed by atoms with Crippen molar-refractivity contribution in [1.29, 1.82) is 0 Å².